The van der Waals surface area contributed by atoms with E-state index in [1.165, 1.54) is 23.8 Å². The second kappa shape index (κ2) is 7.38. The number of carbonyl (C=O) groups is 2. The van der Waals surface area contributed by atoms with Crippen LogP contribution in [0.5, 0.6) is 0 Å². The lowest BCUT2D eigenvalue weighted by molar-refractivity contribution is -0.147. The standard InChI is InChI=1S/C16H15NO3S2/c1-11(15(19)20-2)17-14(18)13(22-16(17)21)10-6-9-12-7-4-3-5-8-12/h3-11H,1-2H3/b9-6+,13-10+. The van der Waals surface area contributed by atoms with Gasteiger partial charge in [0, 0.05) is 0 Å². The van der Waals surface area contributed by atoms with E-state index in [1.807, 2.05) is 36.4 Å². The van der Waals surface area contributed by atoms with Crippen LogP contribution in [-0.4, -0.2) is 34.2 Å². The molecule has 1 aromatic carbocycles. The van der Waals surface area contributed by atoms with Crippen molar-refractivity contribution < 1.29 is 14.3 Å². The highest BCUT2D eigenvalue weighted by atomic mass is 32.2. The van der Waals surface area contributed by atoms with Crippen molar-refractivity contribution >= 4 is 46.3 Å². The Hall–Kier alpha value is -1.92. The normalized spacial score (nSPS) is 18.3. The molecule has 1 fully saturated rings. The molecule has 1 aliphatic heterocycles. The maximum atomic E-state index is 12.3. The third-order valence-electron chi connectivity index (χ3n) is 3.09. The molecule has 1 aliphatic rings. The minimum atomic E-state index is -0.721. The van der Waals surface area contributed by atoms with Gasteiger partial charge in [0.1, 0.15) is 10.4 Å². The van der Waals surface area contributed by atoms with Crippen LogP contribution >= 0.6 is 24.0 Å². The van der Waals surface area contributed by atoms with Gasteiger partial charge in [-0.05, 0) is 18.6 Å². The Bertz CT molecular complexity index is 653. The number of hydrogen-bond acceptors (Lipinski definition) is 5. The molecule has 0 aromatic heterocycles. The van der Waals surface area contributed by atoms with E-state index in [9.17, 15) is 9.59 Å². The van der Waals surface area contributed by atoms with Crippen molar-refractivity contribution in [2.45, 2.75) is 13.0 Å². The zero-order valence-electron chi connectivity index (χ0n) is 12.2. The maximum absolute atomic E-state index is 12.3. The van der Waals surface area contributed by atoms with Crippen molar-refractivity contribution in [1.29, 1.82) is 0 Å². The largest absolute Gasteiger partial charge is 0.467 e. The van der Waals surface area contributed by atoms with Gasteiger partial charge in [0.25, 0.3) is 5.91 Å². The quantitative estimate of drug-likeness (QED) is 0.481. The number of rotatable bonds is 4. The maximum Gasteiger partial charge on any atom is 0.328 e. The van der Waals surface area contributed by atoms with Crippen molar-refractivity contribution in [3.05, 3.63) is 53.0 Å². The van der Waals surface area contributed by atoms with E-state index in [1.54, 1.807) is 19.1 Å². The van der Waals surface area contributed by atoms with Gasteiger partial charge in [-0.2, -0.15) is 0 Å². The van der Waals surface area contributed by atoms with Crippen LogP contribution in [-0.2, 0) is 14.3 Å². The summed E-state index contributed by atoms with van der Waals surface area (Å²) in [6.45, 7) is 1.60. The van der Waals surface area contributed by atoms with Gasteiger partial charge in [0.05, 0.1) is 12.0 Å². The molecule has 22 heavy (non-hydrogen) atoms. The zero-order valence-corrected chi connectivity index (χ0v) is 13.8. The van der Waals surface area contributed by atoms with Crippen molar-refractivity contribution in [1.82, 2.24) is 4.90 Å². The molecule has 1 heterocycles. The van der Waals surface area contributed by atoms with Crippen LogP contribution in [0.2, 0.25) is 0 Å². The summed E-state index contributed by atoms with van der Waals surface area (Å²) in [6, 6.07) is 9.04. The summed E-state index contributed by atoms with van der Waals surface area (Å²) in [5.74, 6) is -0.761. The van der Waals surface area contributed by atoms with Crippen LogP contribution in [0.3, 0.4) is 0 Å². The average Bonchev–Trinajstić information content (AvgIpc) is 2.81. The van der Waals surface area contributed by atoms with Gasteiger partial charge >= 0.3 is 5.97 Å². The third kappa shape index (κ3) is 3.64. The zero-order chi connectivity index (χ0) is 16.1. The van der Waals surface area contributed by atoms with Crippen LogP contribution in [0.15, 0.2) is 47.4 Å². The van der Waals surface area contributed by atoms with Gasteiger partial charge in [-0.15, -0.1) is 0 Å². The molecule has 1 saturated heterocycles. The number of allylic oxidation sites excluding steroid dienone is 2. The SMILES string of the molecule is COC(=O)C(C)N1C(=O)/C(=C\C=C\c2ccccc2)SC1=S. The molecule has 6 heteroatoms. The van der Waals surface area contributed by atoms with Crippen molar-refractivity contribution in [3.8, 4) is 0 Å². The highest BCUT2D eigenvalue weighted by Crippen LogP contribution is 2.32. The Kier molecular flexibility index (Phi) is 5.51. The summed E-state index contributed by atoms with van der Waals surface area (Å²) in [5.41, 5.74) is 1.04. The van der Waals surface area contributed by atoms with Crippen LogP contribution < -0.4 is 0 Å². The molecular weight excluding hydrogens is 318 g/mol. The van der Waals surface area contributed by atoms with Gasteiger partial charge in [0.2, 0.25) is 0 Å². The Morgan fingerprint density at radius 3 is 2.68 bits per heavy atom. The van der Waals surface area contributed by atoms with Gasteiger partial charge in [0.15, 0.2) is 0 Å². The van der Waals surface area contributed by atoms with Crippen LogP contribution in [0.4, 0.5) is 0 Å². The predicted octanol–water partition coefficient (Wildman–Crippen LogP) is 3.01. The van der Waals surface area contributed by atoms with E-state index in [0.717, 1.165) is 5.56 Å². The summed E-state index contributed by atoms with van der Waals surface area (Å²) in [4.78, 5) is 25.7. The first-order valence-corrected chi connectivity index (χ1v) is 7.83. The monoisotopic (exact) mass is 333 g/mol. The molecule has 0 bridgehead atoms. The second-order valence-electron chi connectivity index (χ2n) is 4.54. The third-order valence-corrected chi connectivity index (χ3v) is 4.44. The summed E-state index contributed by atoms with van der Waals surface area (Å²) in [6.07, 6.45) is 5.40. The molecule has 2 rings (SSSR count). The van der Waals surface area contributed by atoms with Gasteiger partial charge in [-0.3, -0.25) is 9.69 Å². The van der Waals surface area contributed by atoms with Crippen molar-refractivity contribution in [2.24, 2.45) is 0 Å². The summed E-state index contributed by atoms with van der Waals surface area (Å²) < 4.78 is 5.02. The molecule has 0 saturated carbocycles. The molecule has 0 radical (unpaired) electrons. The lowest BCUT2D eigenvalue weighted by Crippen LogP contribution is -2.42. The van der Waals surface area contributed by atoms with E-state index in [0.29, 0.717) is 9.23 Å². The Morgan fingerprint density at radius 2 is 2.05 bits per heavy atom. The average molecular weight is 333 g/mol. The van der Waals surface area contributed by atoms with Crippen LogP contribution in [0.25, 0.3) is 6.08 Å². The molecule has 0 aliphatic carbocycles. The van der Waals surface area contributed by atoms with Gasteiger partial charge in [-0.1, -0.05) is 66.5 Å². The Balaban J connectivity index is 2.12. The first kappa shape index (κ1) is 16.5. The summed E-state index contributed by atoms with van der Waals surface area (Å²) >= 11 is 6.36. The molecule has 1 atom stereocenters. The number of amides is 1. The molecule has 1 unspecified atom stereocenters. The smallest absolute Gasteiger partial charge is 0.328 e. The predicted molar refractivity (Wildman–Crippen MR) is 92.1 cm³/mol. The molecule has 4 nitrogen and oxygen atoms in total. The van der Waals surface area contributed by atoms with E-state index in [-0.39, 0.29) is 5.91 Å². The van der Waals surface area contributed by atoms with Crippen LogP contribution in [0, 0.1) is 0 Å². The number of ether oxygens (including phenoxy) is 1. The lowest BCUT2D eigenvalue weighted by Gasteiger charge is -2.20. The minimum absolute atomic E-state index is 0.273. The van der Waals surface area contributed by atoms with E-state index in [2.05, 4.69) is 4.74 Å². The first-order valence-electron chi connectivity index (χ1n) is 6.61. The van der Waals surface area contributed by atoms with Crippen LogP contribution in [0.1, 0.15) is 12.5 Å². The molecule has 114 valence electrons. The summed E-state index contributed by atoms with van der Waals surface area (Å²) in [5, 5.41) is 0. The second-order valence-corrected chi connectivity index (χ2v) is 6.22. The highest BCUT2D eigenvalue weighted by Gasteiger charge is 2.38. The number of nitrogens with zero attached hydrogens (tertiary/aromatic N) is 1. The minimum Gasteiger partial charge on any atom is -0.467 e. The number of carbonyl (C=O) groups excluding carboxylic acids is 2. The van der Waals surface area contributed by atoms with Crippen molar-refractivity contribution in [3.63, 3.8) is 0 Å². The molecule has 1 aromatic rings. The number of hydrogen-bond donors (Lipinski definition) is 0. The fraction of sp³-hybridized carbons (Fsp3) is 0.188. The van der Waals surface area contributed by atoms with Crippen molar-refractivity contribution in [2.75, 3.05) is 7.11 Å². The number of benzene rings is 1. The lowest BCUT2D eigenvalue weighted by atomic mass is 10.2. The van der Waals surface area contributed by atoms with E-state index < -0.39 is 12.0 Å². The van der Waals surface area contributed by atoms with E-state index in [4.69, 9.17) is 12.2 Å². The Morgan fingerprint density at radius 1 is 1.36 bits per heavy atom. The topological polar surface area (TPSA) is 46.6 Å². The first-order chi connectivity index (χ1) is 10.5. The highest BCUT2D eigenvalue weighted by molar-refractivity contribution is 8.26. The Labute approximate surface area is 138 Å². The van der Waals surface area contributed by atoms with Gasteiger partial charge < -0.3 is 4.74 Å². The molecule has 0 spiro atoms. The number of methoxy groups -OCH3 is 1. The fourth-order valence-corrected chi connectivity index (χ4v) is 3.28. The number of esters is 1. The van der Waals surface area contributed by atoms with Gasteiger partial charge in [-0.25, -0.2) is 4.79 Å². The number of thioether (sulfide) groups is 1. The molecule has 1 amide bonds. The van der Waals surface area contributed by atoms with E-state index >= 15 is 0 Å². The molecule has 0 N–H and O–H groups in total. The number of thiocarbonyl (C=S) groups is 1. The molecular formula is C16H15NO3S2. The fourth-order valence-electron chi connectivity index (χ4n) is 1.91. The summed E-state index contributed by atoms with van der Waals surface area (Å²) in [7, 11) is 1.29.